The molecule has 2 nitrogen and oxygen atoms in total. The molecule has 106 valence electrons. The van der Waals surface area contributed by atoms with Crippen LogP contribution in [0.1, 0.15) is 44.9 Å². The van der Waals surface area contributed by atoms with Gasteiger partial charge < -0.3 is 10.4 Å². The zero-order valence-corrected chi connectivity index (χ0v) is 10.5. The molecule has 0 aliphatic heterocycles. The SMILES string of the molecule is OCC1CCCC1NC1CCC(C(F)(F)F)CC1. The molecule has 0 radical (unpaired) electrons. The average Bonchev–Trinajstić information content (AvgIpc) is 2.76. The van der Waals surface area contributed by atoms with Gasteiger partial charge in [-0.05, 0) is 44.4 Å². The van der Waals surface area contributed by atoms with E-state index in [0.29, 0.717) is 24.8 Å². The molecule has 2 saturated carbocycles. The molecular formula is C13H22F3NO. The molecule has 2 unspecified atom stereocenters. The molecule has 2 aliphatic carbocycles. The fraction of sp³-hybridized carbons (Fsp3) is 1.00. The quantitative estimate of drug-likeness (QED) is 0.822. The molecule has 0 saturated heterocycles. The second-order valence-corrected chi connectivity index (χ2v) is 5.74. The Morgan fingerprint density at radius 3 is 2.22 bits per heavy atom. The summed E-state index contributed by atoms with van der Waals surface area (Å²) in [6.45, 7) is 0.190. The van der Waals surface area contributed by atoms with Gasteiger partial charge in [-0.1, -0.05) is 6.42 Å². The lowest BCUT2D eigenvalue weighted by Gasteiger charge is -2.33. The van der Waals surface area contributed by atoms with Crippen molar-refractivity contribution in [1.29, 1.82) is 0 Å². The fourth-order valence-electron chi connectivity index (χ4n) is 3.36. The monoisotopic (exact) mass is 265 g/mol. The number of hydrogen-bond donors (Lipinski definition) is 2. The summed E-state index contributed by atoms with van der Waals surface area (Å²) in [7, 11) is 0. The largest absolute Gasteiger partial charge is 0.396 e. The van der Waals surface area contributed by atoms with E-state index in [0.717, 1.165) is 19.3 Å². The third-order valence-electron chi connectivity index (χ3n) is 4.53. The third kappa shape index (κ3) is 3.38. The lowest BCUT2D eigenvalue weighted by atomic mass is 9.85. The summed E-state index contributed by atoms with van der Waals surface area (Å²) in [6.07, 6.45) is 0.885. The molecule has 18 heavy (non-hydrogen) atoms. The fourth-order valence-corrected chi connectivity index (χ4v) is 3.36. The summed E-state index contributed by atoms with van der Waals surface area (Å²) in [4.78, 5) is 0. The topological polar surface area (TPSA) is 32.3 Å². The van der Waals surface area contributed by atoms with Gasteiger partial charge >= 0.3 is 6.18 Å². The predicted octanol–water partition coefficient (Wildman–Crippen LogP) is 2.86. The smallest absolute Gasteiger partial charge is 0.391 e. The van der Waals surface area contributed by atoms with E-state index < -0.39 is 12.1 Å². The lowest BCUT2D eigenvalue weighted by Crippen LogP contribution is -2.44. The molecule has 0 heterocycles. The molecule has 0 amide bonds. The summed E-state index contributed by atoms with van der Waals surface area (Å²) >= 11 is 0. The van der Waals surface area contributed by atoms with E-state index in [1.807, 2.05) is 0 Å². The Bertz CT molecular complexity index is 261. The lowest BCUT2D eigenvalue weighted by molar-refractivity contribution is -0.182. The Balaban J connectivity index is 1.77. The maximum Gasteiger partial charge on any atom is 0.391 e. The van der Waals surface area contributed by atoms with Crippen molar-refractivity contribution in [1.82, 2.24) is 5.32 Å². The maximum absolute atomic E-state index is 12.5. The van der Waals surface area contributed by atoms with Gasteiger partial charge in [-0.15, -0.1) is 0 Å². The third-order valence-corrected chi connectivity index (χ3v) is 4.53. The first-order valence-electron chi connectivity index (χ1n) is 6.94. The van der Waals surface area contributed by atoms with E-state index in [9.17, 15) is 18.3 Å². The van der Waals surface area contributed by atoms with Crippen LogP contribution in [0, 0.1) is 11.8 Å². The van der Waals surface area contributed by atoms with Crippen LogP contribution in [0.25, 0.3) is 0 Å². The molecule has 0 bridgehead atoms. The van der Waals surface area contributed by atoms with Crippen LogP contribution in [0.15, 0.2) is 0 Å². The highest BCUT2D eigenvalue weighted by molar-refractivity contribution is 4.88. The molecule has 2 aliphatic rings. The molecule has 0 spiro atoms. The average molecular weight is 265 g/mol. The first-order chi connectivity index (χ1) is 8.50. The van der Waals surface area contributed by atoms with Gasteiger partial charge in [0.25, 0.3) is 0 Å². The van der Waals surface area contributed by atoms with Crippen LogP contribution < -0.4 is 5.32 Å². The zero-order chi connectivity index (χ0) is 13.2. The first kappa shape index (κ1) is 14.1. The first-order valence-corrected chi connectivity index (χ1v) is 6.94. The molecule has 5 heteroatoms. The number of aliphatic hydroxyl groups excluding tert-OH is 1. The highest BCUT2D eigenvalue weighted by atomic mass is 19.4. The number of halogens is 3. The number of hydrogen-bond acceptors (Lipinski definition) is 2. The predicted molar refractivity (Wildman–Crippen MR) is 63.2 cm³/mol. The Labute approximate surface area is 106 Å². The van der Waals surface area contributed by atoms with Crippen LogP contribution in [-0.4, -0.2) is 30.0 Å². The van der Waals surface area contributed by atoms with Gasteiger partial charge in [0, 0.05) is 18.7 Å². The Morgan fingerprint density at radius 1 is 1.00 bits per heavy atom. The molecular weight excluding hydrogens is 243 g/mol. The Hall–Kier alpha value is -0.290. The van der Waals surface area contributed by atoms with E-state index in [-0.39, 0.29) is 25.5 Å². The van der Waals surface area contributed by atoms with E-state index in [2.05, 4.69) is 5.32 Å². The van der Waals surface area contributed by atoms with E-state index in [4.69, 9.17) is 0 Å². The van der Waals surface area contributed by atoms with E-state index in [1.54, 1.807) is 0 Å². The number of alkyl halides is 3. The van der Waals surface area contributed by atoms with Crippen molar-refractivity contribution in [3.8, 4) is 0 Å². The summed E-state index contributed by atoms with van der Waals surface area (Å²) < 4.78 is 37.6. The van der Waals surface area contributed by atoms with Crippen molar-refractivity contribution in [2.75, 3.05) is 6.61 Å². The number of nitrogens with one attached hydrogen (secondary N) is 1. The Morgan fingerprint density at radius 2 is 1.67 bits per heavy atom. The normalized spacial score (nSPS) is 38.0. The van der Waals surface area contributed by atoms with Crippen LogP contribution in [0.2, 0.25) is 0 Å². The van der Waals surface area contributed by atoms with Crippen LogP contribution in [0.4, 0.5) is 13.2 Å². The van der Waals surface area contributed by atoms with Crippen LogP contribution >= 0.6 is 0 Å². The number of rotatable bonds is 3. The zero-order valence-electron chi connectivity index (χ0n) is 10.5. The van der Waals surface area contributed by atoms with Crippen molar-refractivity contribution in [2.24, 2.45) is 11.8 Å². The van der Waals surface area contributed by atoms with Gasteiger partial charge in [0.2, 0.25) is 0 Å². The molecule has 2 rings (SSSR count). The van der Waals surface area contributed by atoms with E-state index in [1.165, 1.54) is 0 Å². The van der Waals surface area contributed by atoms with E-state index >= 15 is 0 Å². The van der Waals surface area contributed by atoms with Crippen LogP contribution in [0.3, 0.4) is 0 Å². The molecule has 2 N–H and O–H groups in total. The second-order valence-electron chi connectivity index (χ2n) is 5.74. The minimum absolute atomic E-state index is 0.190. The standard InChI is InChI=1S/C13H22F3NO/c14-13(15,16)10-4-6-11(7-5-10)17-12-3-1-2-9(12)8-18/h9-12,17-18H,1-8H2. The maximum atomic E-state index is 12.5. The highest BCUT2D eigenvalue weighted by Gasteiger charge is 2.41. The minimum atomic E-state index is -4.02. The summed E-state index contributed by atoms with van der Waals surface area (Å²) in [5.41, 5.74) is 0. The summed E-state index contributed by atoms with van der Waals surface area (Å²) in [6, 6.07) is 0.517. The van der Waals surface area contributed by atoms with Gasteiger partial charge in [0.15, 0.2) is 0 Å². The van der Waals surface area contributed by atoms with Crippen LogP contribution in [-0.2, 0) is 0 Å². The molecule has 0 aromatic heterocycles. The molecule has 2 fully saturated rings. The number of aliphatic hydroxyl groups is 1. The van der Waals surface area contributed by atoms with Crippen LogP contribution in [0.5, 0.6) is 0 Å². The van der Waals surface area contributed by atoms with Crippen molar-refractivity contribution < 1.29 is 18.3 Å². The Kier molecular flexibility index (Phi) is 4.54. The van der Waals surface area contributed by atoms with Gasteiger partial charge in [-0.2, -0.15) is 13.2 Å². The molecule has 0 aromatic carbocycles. The van der Waals surface area contributed by atoms with Gasteiger partial charge in [-0.25, -0.2) is 0 Å². The molecule has 2 atom stereocenters. The van der Waals surface area contributed by atoms with Crippen molar-refractivity contribution in [2.45, 2.75) is 63.2 Å². The minimum Gasteiger partial charge on any atom is -0.396 e. The molecule has 0 aromatic rings. The highest BCUT2D eigenvalue weighted by Crippen LogP contribution is 2.38. The summed E-state index contributed by atoms with van der Waals surface area (Å²) in [5, 5.41) is 12.7. The van der Waals surface area contributed by atoms with Crippen molar-refractivity contribution >= 4 is 0 Å². The van der Waals surface area contributed by atoms with Gasteiger partial charge in [-0.3, -0.25) is 0 Å². The van der Waals surface area contributed by atoms with Gasteiger partial charge in [0.05, 0.1) is 5.92 Å². The summed E-state index contributed by atoms with van der Waals surface area (Å²) in [5.74, 6) is -0.807. The van der Waals surface area contributed by atoms with Crippen molar-refractivity contribution in [3.05, 3.63) is 0 Å². The second kappa shape index (κ2) is 5.78. The van der Waals surface area contributed by atoms with Gasteiger partial charge in [0.1, 0.15) is 0 Å². The van der Waals surface area contributed by atoms with Crippen molar-refractivity contribution in [3.63, 3.8) is 0 Å².